The molecule has 2 aromatic rings. The van der Waals surface area contributed by atoms with Crippen molar-refractivity contribution < 1.29 is 9.53 Å². The summed E-state index contributed by atoms with van der Waals surface area (Å²) in [5.41, 5.74) is 2.86. The SMILES string of the molecule is COCCn1nc(C)c(NC(=O)c2ccnnc2)c1C. The van der Waals surface area contributed by atoms with Crippen molar-refractivity contribution in [3.05, 3.63) is 35.4 Å². The molecule has 106 valence electrons. The first-order valence-electron chi connectivity index (χ1n) is 6.24. The van der Waals surface area contributed by atoms with Crippen molar-refractivity contribution >= 4 is 11.6 Å². The lowest BCUT2D eigenvalue weighted by Gasteiger charge is -2.06. The van der Waals surface area contributed by atoms with Crippen LogP contribution in [0.25, 0.3) is 0 Å². The fourth-order valence-corrected chi connectivity index (χ4v) is 1.88. The van der Waals surface area contributed by atoms with Gasteiger partial charge in [0.05, 0.1) is 48.2 Å². The van der Waals surface area contributed by atoms with Crippen LogP contribution in [-0.2, 0) is 11.3 Å². The lowest BCUT2D eigenvalue weighted by atomic mass is 10.2. The third kappa shape index (κ3) is 3.00. The lowest BCUT2D eigenvalue weighted by molar-refractivity contribution is 0.102. The highest BCUT2D eigenvalue weighted by Crippen LogP contribution is 2.20. The number of hydrogen-bond donors (Lipinski definition) is 1. The molecule has 0 aromatic carbocycles. The third-order valence-corrected chi connectivity index (χ3v) is 2.97. The van der Waals surface area contributed by atoms with Gasteiger partial charge in [0.15, 0.2) is 0 Å². The molecule has 0 fully saturated rings. The smallest absolute Gasteiger partial charge is 0.257 e. The van der Waals surface area contributed by atoms with Crippen LogP contribution >= 0.6 is 0 Å². The van der Waals surface area contributed by atoms with Crippen LogP contribution in [0, 0.1) is 13.8 Å². The first kappa shape index (κ1) is 14.1. The zero-order chi connectivity index (χ0) is 14.5. The molecule has 2 rings (SSSR count). The molecular weight excluding hydrogens is 258 g/mol. The Morgan fingerprint density at radius 3 is 2.85 bits per heavy atom. The van der Waals surface area contributed by atoms with Crippen LogP contribution < -0.4 is 5.32 Å². The van der Waals surface area contributed by atoms with Gasteiger partial charge < -0.3 is 10.1 Å². The van der Waals surface area contributed by atoms with Gasteiger partial charge in [-0.25, -0.2) is 0 Å². The Morgan fingerprint density at radius 1 is 1.40 bits per heavy atom. The van der Waals surface area contributed by atoms with E-state index in [2.05, 4.69) is 20.6 Å². The molecule has 0 unspecified atom stereocenters. The minimum atomic E-state index is -0.225. The van der Waals surface area contributed by atoms with Crippen LogP contribution in [0.2, 0.25) is 0 Å². The zero-order valence-corrected chi connectivity index (χ0v) is 11.8. The van der Waals surface area contributed by atoms with E-state index >= 15 is 0 Å². The van der Waals surface area contributed by atoms with Gasteiger partial charge in [0.25, 0.3) is 5.91 Å². The quantitative estimate of drug-likeness (QED) is 0.886. The number of amides is 1. The molecule has 2 aromatic heterocycles. The highest BCUT2D eigenvalue weighted by Gasteiger charge is 2.15. The van der Waals surface area contributed by atoms with E-state index in [0.717, 1.165) is 17.1 Å². The van der Waals surface area contributed by atoms with E-state index < -0.39 is 0 Å². The summed E-state index contributed by atoms with van der Waals surface area (Å²) in [6, 6.07) is 1.61. The number of hydrogen-bond acceptors (Lipinski definition) is 5. The molecule has 0 bridgehead atoms. The minimum Gasteiger partial charge on any atom is -0.383 e. The second-order valence-electron chi connectivity index (χ2n) is 4.35. The molecule has 7 nitrogen and oxygen atoms in total. The molecule has 1 amide bonds. The monoisotopic (exact) mass is 275 g/mol. The second kappa shape index (κ2) is 6.25. The minimum absolute atomic E-state index is 0.225. The van der Waals surface area contributed by atoms with Gasteiger partial charge >= 0.3 is 0 Å². The van der Waals surface area contributed by atoms with Gasteiger partial charge in [0.1, 0.15) is 0 Å². The zero-order valence-electron chi connectivity index (χ0n) is 11.8. The number of aryl methyl sites for hydroxylation is 1. The fourth-order valence-electron chi connectivity index (χ4n) is 1.88. The summed E-state index contributed by atoms with van der Waals surface area (Å²) in [5.74, 6) is -0.225. The van der Waals surface area contributed by atoms with Gasteiger partial charge in [-0.2, -0.15) is 15.3 Å². The number of rotatable bonds is 5. The number of carbonyl (C=O) groups is 1. The summed E-state index contributed by atoms with van der Waals surface area (Å²) >= 11 is 0. The lowest BCUT2D eigenvalue weighted by Crippen LogP contribution is -2.14. The molecule has 0 aliphatic carbocycles. The Bertz CT molecular complexity index is 594. The van der Waals surface area contributed by atoms with E-state index in [1.54, 1.807) is 13.2 Å². The highest BCUT2D eigenvalue weighted by atomic mass is 16.5. The molecule has 0 aliphatic heterocycles. The normalized spacial score (nSPS) is 10.6. The topological polar surface area (TPSA) is 81.9 Å². The van der Waals surface area contributed by atoms with Crippen molar-refractivity contribution in [2.75, 3.05) is 19.0 Å². The molecule has 0 saturated heterocycles. The third-order valence-electron chi connectivity index (χ3n) is 2.97. The van der Waals surface area contributed by atoms with E-state index in [9.17, 15) is 4.79 Å². The molecule has 7 heteroatoms. The Hall–Kier alpha value is -2.28. The molecule has 20 heavy (non-hydrogen) atoms. The summed E-state index contributed by atoms with van der Waals surface area (Å²) < 4.78 is 6.86. The predicted octanol–water partition coefficient (Wildman–Crippen LogP) is 1.19. The number of ether oxygens (including phenoxy) is 1. The Kier molecular flexibility index (Phi) is 4.41. The van der Waals surface area contributed by atoms with Crippen LogP contribution in [0.3, 0.4) is 0 Å². The molecule has 1 N–H and O–H groups in total. The predicted molar refractivity (Wildman–Crippen MR) is 73.6 cm³/mol. The van der Waals surface area contributed by atoms with Crippen molar-refractivity contribution in [2.45, 2.75) is 20.4 Å². The molecule has 2 heterocycles. The van der Waals surface area contributed by atoms with Gasteiger partial charge in [0, 0.05) is 7.11 Å². The van der Waals surface area contributed by atoms with Crippen molar-refractivity contribution in [1.82, 2.24) is 20.0 Å². The van der Waals surface area contributed by atoms with E-state index in [0.29, 0.717) is 18.7 Å². The Morgan fingerprint density at radius 2 is 2.20 bits per heavy atom. The molecule has 0 spiro atoms. The standard InChI is InChI=1S/C13H17N5O2/c1-9-12(10(2)18(17-9)6-7-20-3)16-13(19)11-4-5-14-15-8-11/h4-5,8H,6-7H2,1-3H3,(H,16,19). The summed E-state index contributed by atoms with van der Waals surface area (Å²) in [6.07, 6.45) is 2.91. The Labute approximate surface area is 117 Å². The van der Waals surface area contributed by atoms with Gasteiger partial charge in [-0.1, -0.05) is 0 Å². The first-order valence-corrected chi connectivity index (χ1v) is 6.24. The number of nitrogens with one attached hydrogen (secondary N) is 1. The number of aromatic nitrogens is 4. The van der Waals surface area contributed by atoms with Crippen LogP contribution in [-0.4, -0.2) is 39.6 Å². The fraction of sp³-hybridized carbons (Fsp3) is 0.385. The van der Waals surface area contributed by atoms with Crippen molar-refractivity contribution in [3.8, 4) is 0 Å². The van der Waals surface area contributed by atoms with Crippen LogP contribution in [0.15, 0.2) is 18.5 Å². The van der Waals surface area contributed by atoms with E-state index in [1.165, 1.54) is 12.4 Å². The van der Waals surface area contributed by atoms with E-state index in [-0.39, 0.29) is 5.91 Å². The van der Waals surface area contributed by atoms with Crippen molar-refractivity contribution in [2.24, 2.45) is 0 Å². The molecule has 0 atom stereocenters. The summed E-state index contributed by atoms with van der Waals surface area (Å²) in [4.78, 5) is 12.1. The maximum absolute atomic E-state index is 12.1. The van der Waals surface area contributed by atoms with E-state index in [1.807, 2.05) is 18.5 Å². The molecular formula is C13H17N5O2. The van der Waals surface area contributed by atoms with Crippen LogP contribution in [0.1, 0.15) is 21.7 Å². The van der Waals surface area contributed by atoms with Gasteiger partial charge in [-0.05, 0) is 19.9 Å². The van der Waals surface area contributed by atoms with Crippen LogP contribution in [0.4, 0.5) is 5.69 Å². The molecule has 0 aliphatic rings. The van der Waals surface area contributed by atoms with Gasteiger partial charge in [0.2, 0.25) is 0 Å². The van der Waals surface area contributed by atoms with Gasteiger partial charge in [-0.3, -0.25) is 9.48 Å². The average molecular weight is 275 g/mol. The van der Waals surface area contributed by atoms with Crippen molar-refractivity contribution in [1.29, 1.82) is 0 Å². The van der Waals surface area contributed by atoms with Gasteiger partial charge in [-0.15, -0.1) is 0 Å². The Balaban J connectivity index is 2.17. The first-order chi connectivity index (χ1) is 9.63. The molecule has 0 radical (unpaired) electrons. The summed E-state index contributed by atoms with van der Waals surface area (Å²) in [6.45, 7) is 4.99. The van der Waals surface area contributed by atoms with Crippen molar-refractivity contribution in [3.63, 3.8) is 0 Å². The average Bonchev–Trinajstić information content (AvgIpc) is 2.73. The number of carbonyl (C=O) groups excluding carboxylic acids is 1. The maximum atomic E-state index is 12.1. The number of methoxy groups -OCH3 is 1. The maximum Gasteiger partial charge on any atom is 0.257 e. The highest BCUT2D eigenvalue weighted by molar-refractivity contribution is 6.04. The largest absolute Gasteiger partial charge is 0.383 e. The molecule has 0 saturated carbocycles. The number of nitrogens with zero attached hydrogens (tertiary/aromatic N) is 4. The summed E-state index contributed by atoms with van der Waals surface area (Å²) in [5, 5.41) is 14.6. The second-order valence-corrected chi connectivity index (χ2v) is 4.35. The summed E-state index contributed by atoms with van der Waals surface area (Å²) in [7, 11) is 1.64. The van der Waals surface area contributed by atoms with Crippen LogP contribution in [0.5, 0.6) is 0 Å². The number of anilines is 1. The van der Waals surface area contributed by atoms with E-state index in [4.69, 9.17) is 4.74 Å².